The molecule has 0 aromatic heterocycles. The lowest BCUT2D eigenvalue weighted by Crippen LogP contribution is -2.39. The third kappa shape index (κ3) is 4.56. The van der Waals surface area contributed by atoms with Gasteiger partial charge in [0.2, 0.25) is 10.0 Å². The zero-order valence-electron chi connectivity index (χ0n) is 12.8. The Kier molecular flexibility index (Phi) is 5.70. The van der Waals surface area contributed by atoms with Crippen molar-refractivity contribution in [2.45, 2.75) is 37.8 Å². The molecule has 0 aliphatic heterocycles. The molecule has 1 aromatic rings. The molecule has 0 spiro atoms. The Morgan fingerprint density at radius 3 is 2.50 bits per heavy atom. The van der Waals surface area contributed by atoms with Crippen LogP contribution in [0, 0.1) is 6.92 Å². The number of sulfonamides is 1. The molecule has 114 valence electrons. The van der Waals surface area contributed by atoms with E-state index in [4.69, 9.17) is 4.74 Å². The standard InChI is InChI=1S/C14H24N2O3S/c1-11-6-7-13(8-12(11)9-15-4)20(17,18)16-10-14(2,3)19-5/h6-8,15-16H,9-10H2,1-5H3. The van der Waals surface area contributed by atoms with Crippen LogP contribution in [0.25, 0.3) is 0 Å². The fraction of sp³-hybridized carbons (Fsp3) is 0.571. The maximum absolute atomic E-state index is 12.3. The molecule has 0 fully saturated rings. The molecule has 0 unspecified atom stereocenters. The molecule has 0 amide bonds. The van der Waals surface area contributed by atoms with Crippen molar-refractivity contribution in [3.8, 4) is 0 Å². The van der Waals surface area contributed by atoms with Gasteiger partial charge in [-0.3, -0.25) is 0 Å². The largest absolute Gasteiger partial charge is 0.377 e. The summed E-state index contributed by atoms with van der Waals surface area (Å²) in [5.74, 6) is 0. The number of benzene rings is 1. The van der Waals surface area contributed by atoms with Gasteiger partial charge in [0, 0.05) is 20.2 Å². The predicted molar refractivity (Wildman–Crippen MR) is 80.2 cm³/mol. The first kappa shape index (κ1) is 17.1. The van der Waals surface area contributed by atoms with Gasteiger partial charge in [-0.25, -0.2) is 13.1 Å². The number of rotatable bonds is 7. The van der Waals surface area contributed by atoms with Crippen LogP contribution in [0.3, 0.4) is 0 Å². The molecule has 0 radical (unpaired) electrons. The molecule has 0 bridgehead atoms. The van der Waals surface area contributed by atoms with Crippen molar-refractivity contribution in [1.29, 1.82) is 0 Å². The number of hydrogen-bond acceptors (Lipinski definition) is 4. The topological polar surface area (TPSA) is 67.4 Å². The van der Waals surface area contributed by atoms with Gasteiger partial charge < -0.3 is 10.1 Å². The van der Waals surface area contributed by atoms with E-state index in [0.29, 0.717) is 6.54 Å². The highest BCUT2D eigenvalue weighted by atomic mass is 32.2. The van der Waals surface area contributed by atoms with Gasteiger partial charge in [0.1, 0.15) is 0 Å². The summed E-state index contributed by atoms with van der Waals surface area (Å²) in [4.78, 5) is 0.278. The van der Waals surface area contributed by atoms with Crippen molar-refractivity contribution in [3.63, 3.8) is 0 Å². The van der Waals surface area contributed by atoms with Crippen molar-refractivity contribution in [3.05, 3.63) is 29.3 Å². The average molecular weight is 300 g/mol. The van der Waals surface area contributed by atoms with Crippen LogP contribution < -0.4 is 10.0 Å². The smallest absolute Gasteiger partial charge is 0.240 e. The average Bonchev–Trinajstić information content (AvgIpc) is 2.39. The van der Waals surface area contributed by atoms with E-state index in [1.54, 1.807) is 19.2 Å². The molecule has 0 aliphatic rings. The first-order valence-corrected chi connectivity index (χ1v) is 7.99. The van der Waals surface area contributed by atoms with Crippen molar-refractivity contribution >= 4 is 10.0 Å². The summed E-state index contributed by atoms with van der Waals surface area (Å²) in [7, 11) is -0.125. The minimum atomic E-state index is -3.52. The summed E-state index contributed by atoms with van der Waals surface area (Å²) in [6.07, 6.45) is 0. The molecule has 0 atom stereocenters. The maximum Gasteiger partial charge on any atom is 0.240 e. The highest BCUT2D eigenvalue weighted by Gasteiger charge is 2.22. The Morgan fingerprint density at radius 2 is 1.95 bits per heavy atom. The van der Waals surface area contributed by atoms with E-state index in [0.717, 1.165) is 11.1 Å². The van der Waals surface area contributed by atoms with E-state index in [-0.39, 0.29) is 11.4 Å². The lowest BCUT2D eigenvalue weighted by Gasteiger charge is -2.23. The third-order valence-electron chi connectivity index (χ3n) is 3.24. The van der Waals surface area contributed by atoms with Gasteiger partial charge in [0.15, 0.2) is 0 Å². The zero-order valence-corrected chi connectivity index (χ0v) is 13.6. The van der Waals surface area contributed by atoms with Gasteiger partial charge in [-0.2, -0.15) is 0 Å². The molecular formula is C14H24N2O3S. The summed E-state index contributed by atoms with van der Waals surface area (Å²) in [5, 5.41) is 3.03. The van der Waals surface area contributed by atoms with E-state index in [2.05, 4.69) is 10.0 Å². The maximum atomic E-state index is 12.3. The van der Waals surface area contributed by atoms with Crippen LogP contribution in [0.1, 0.15) is 25.0 Å². The van der Waals surface area contributed by atoms with Crippen LogP contribution in [0.4, 0.5) is 0 Å². The zero-order chi connectivity index (χ0) is 15.4. The summed E-state index contributed by atoms with van der Waals surface area (Å²) < 4.78 is 32.3. The van der Waals surface area contributed by atoms with Gasteiger partial charge in [-0.1, -0.05) is 6.07 Å². The quantitative estimate of drug-likeness (QED) is 0.799. The molecule has 0 saturated carbocycles. The number of aryl methyl sites for hydroxylation is 1. The second-order valence-electron chi connectivity index (χ2n) is 5.41. The Labute approximate surface area is 121 Å². The van der Waals surface area contributed by atoms with E-state index in [1.807, 2.05) is 33.9 Å². The lowest BCUT2D eigenvalue weighted by molar-refractivity contribution is 0.0276. The number of hydrogen-bond donors (Lipinski definition) is 2. The van der Waals surface area contributed by atoms with Crippen LogP contribution in [-0.4, -0.2) is 34.7 Å². The number of methoxy groups -OCH3 is 1. The van der Waals surface area contributed by atoms with E-state index in [9.17, 15) is 8.42 Å². The highest BCUT2D eigenvalue weighted by Crippen LogP contribution is 2.16. The molecular weight excluding hydrogens is 276 g/mol. The van der Waals surface area contributed by atoms with Gasteiger partial charge in [0.05, 0.1) is 10.5 Å². The SMILES string of the molecule is CNCc1cc(S(=O)(=O)NCC(C)(C)OC)ccc1C. The normalized spacial score (nSPS) is 12.7. The van der Waals surface area contributed by atoms with Crippen molar-refractivity contribution < 1.29 is 13.2 Å². The van der Waals surface area contributed by atoms with Crippen molar-refractivity contribution in [2.75, 3.05) is 20.7 Å². The predicted octanol–water partition coefficient (Wildman–Crippen LogP) is 1.42. The monoisotopic (exact) mass is 300 g/mol. The van der Waals surface area contributed by atoms with Crippen molar-refractivity contribution in [2.24, 2.45) is 0 Å². The Bertz CT molecular complexity index is 554. The molecule has 0 heterocycles. The molecule has 0 aliphatic carbocycles. The van der Waals surface area contributed by atoms with Crippen molar-refractivity contribution in [1.82, 2.24) is 10.0 Å². The van der Waals surface area contributed by atoms with Crippen LogP contribution >= 0.6 is 0 Å². The van der Waals surface area contributed by atoms with E-state index >= 15 is 0 Å². The summed E-state index contributed by atoms with van der Waals surface area (Å²) in [5.41, 5.74) is 1.50. The van der Waals surface area contributed by atoms with Gasteiger partial charge in [-0.05, 0) is 51.1 Å². The lowest BCUT2D eigenvalue weighted by atomic mass is 10.1. The molecule has 20 heavy (non-hydrogen) atoms. The molecule has 5 nitrogen and oxygen atoms in total. The molecule has 1 rings (SSSR count). The second kappa shape index (κ2) is 6.67. The third-order valence-corrected chi connectivity index (χ3v) is 4.64. The molecule has 1 aromatic carbocycles. The fourth-order valence-corrected chi connectivity index (χ4v) is 2.87. The minimum Gasteiger partial charge on any atom is -0.377 e. The van der Waals surface area contributed by atoms with E-state index in [1.165, 1.54) is 0 Å². The van der Waals surface area contributed by atoms with Gasteiger partial charge in [0.25, 0.3) is 0 Å². The van der Waals surface area contributed by atoms with Gasteiger partial charge >= 0.3 is 0 Å². The second-order valence-corrected chi connectivity index (χ2v) is 7.17. The summed E-state index contributed by atoms with van der Waals surface area (Å²) >= 11 is 0. The summed E-state index contributed by atoms with van der Waals surface area (Å²) in [6, 6.07) is 5.15. The Morgan fingerprint density at radius 1 is 1.30 bits per heavy atom. The first-order chi connectivity index (χ1) is 9.22. The Balaban J connectivity index is 2.95. The highest BCUT2D eigenvalue weighted by molar-refractivity contribution is 7.89. The molecule has 6 heteroatoms. The molecule has 2 N–H and O–H groups in total. The van der Waals surface area contributed by atoms with Crippen LogP contribution in [0.5, 0.6) is 0 Å². The van der Waals surface area contributed by atoms with E-state index < -0.39 is 15.6 Å². The summed E-state index contributed by atoms with van der Waals surface area (Å²) in [6.45, 7) is 6.48. The fourth-order valence-electron chi connectivity index (χ4n) is 1.62. The first-order valence-electron chi connectivity index (χ1n) is 6.51. The minimum absolute atomic E-state index is 0.223. The van der Waals surface area contributed by atoms with Crippen LogP contribution in [0.2, 0.25) is 0 Å². The van der Waals surface area contributed by atoms with Crippen LogP contribution in [0.15, 0.2) is 23.1 Å². The number of ether oxygens (including phenoxy) is 1. The van der Waals surface area contributed by atoms with Crippen LogP contribution in [-0.2, 0) is 21.3 Å². The number of nitrogens with one attached hydrogen (secondary N) is 2. The Hall–Kier alpha value is -0.950. The molecule has 0 saturated heterocycles. The van der Waals surface area contributed by atoms with Gasteiger partial charge in [-0.15, -0.1) is 0 Å².